The van der Waals surface area contributed by atoms with E-state index in [1.165, 1.54) is 12.1 Å². The molecule has 0 heterocycles. The predicted molar refractivity (Wildman–Crippen MR) is 61.9 cm³/mol. The first-order valence-corrected chi connectivity index (χ1v) is 6.87. The third-order valence-electron chi connectivity index (χ3n) is 2.03. The highest BCUT2D eigenvalue weighted by molar-refractivity contribution is 7.90. The van der Waals surface area contributed by atoms with Crippen molar-refractivity contribution in [3.05, 3.63) is 24.3 Å². The molecule has 0 aliphatic heterocycles. The van der Waals surface area contributed by atoms with Gasteiger partial charge in [-0.3, -0.25) is 4.79 Å². The van der Waals surface area contributed by atoms with Crippen LogP contribution in [-0.2, 0) is 14.6 Å². The van der Waals surface area contributed by atoms with Crippen LogP contribution >= 0.6 is 0 Å². The van der Waals surface area contributed by atoms with Crippen molar-refractivity contribution in [2.24, 2.45) is 0 Å². The van der Waals surface area contributed by atoms with E-state index >= 15 is 0 Å². The van der Waals surface area contributed by atoms with Crippen LogP contribution in [0.2, 0.25) is 0 Å². The molecule has 1 aromatic rings. The van der Waals surface area contributed by atoms with E-state index in [9.17, 15) is 13.2 Å². The van der Waals surface area contributed by atoms with Gasteiger partial charge in [-0.2, -0.15) is 0 Å². The summed E-state index contributed by atoms with van der Waals surface area (Å²) < 4.78 is 27.9. The van der Waals surface area contributed by atoms with Gasteiger partial charge in [-0.1, -0.05) is 6.07 Å². The first-order valence-electron chi connectivity index (χ1n) is 4.97. The van der Waals surface area contributed by atoms with Gasteiger partial charge in [0.15, 0.2) is 9.84 Å². The molecule has 1 atom stereocenters. The van der Waals surface area contributed by atoms with Crippen LogP contribution in [0, 0.1) is 0 Å². The summed E-state index contributed by atoms with van der Waals surface area (Å²) in [5.41, 5.74) is 0. The number of hydrogen-bond donors (Lipinski definition) is 1. The van der Waals surface area contributed by atoms with Crippen molar-refractivity contribution in [1.82, 2.24) is 0 Å². The fraction of sp³-hybridized carbons (Fsp3) is 0.364. The molecule has 1 rings (SSSR count). The zero-order valence-corrected chi connectivity index (χ0v) is 10.4. The minimum atomic E-state index is -3.28. The van der Waals surface area contributed by atoms with E-state index in [-0.39, 0.29) is 11.3 Å². The number of hydrogen-bond acceptors (Lipinski definition) is 4. The van der Waals surface area contributed by atoms with E-state index in [2.05, 4.69) is 0 Å². The zero-order valence-electron chi connectivity index (χ0n) is 9.58. The van der Waals surface area contributed by atoms with Gasteiger partial charge >= 0.3 is 5.97 Å². The Labute approximate surface area is 100.0 Å². The Hall–Kier alpha value is -1.56. The topological polar surface area (TPSA) is 80.7 Å². The second kappa shape index (κ2) is 5.18. The minimum Gasteiger partial charge on any atom is -0.490 e. The summed E-state index contributed by atoms with van der Waals surface area (Å²) in [5.74, 6) is -0.613. The van der Waals surface area contributed by atoms with Crippen molar-refractivity contribution in [3.63, 3.8) is 0 Å². The highest BCUT2D eigenvalue weighted by Gasteiger charge is 2.11. The molecule has 0 aliphatic carbocycles. The third kappa shape index (κ3) is 4.44. The van der Waals surface area contributed by atoms with E-state index in [1.807, 2.05) is 0 Å². The van der Waals surface area contributed by atoms with Gasteiger partial charge < -0.3 is 9.84 Å². The number of carbonyl (C=O) groups is 1. The molecule has 94 valence electrons. The highest BCUT2D eigenvalue weighted by Crippen LogP contribution is 2.19. The van der Waals surface area contributed by atoms with Crippen LogP contribution in [-0.4, -0.2) is 31.9 Å². The first-order chi connectivity index (χ1) is 7.79. The van der Waals surface area contributed by atoms with Crippen LogP contribution in [0.25, 0.3) is 0 Å². The average Bonchev–Trinajstić information content (AvgIpc) is 2.15. The van der Waals surface area contributed by atoms with Crippen molar-refractivity contribution in [2.75, 3.05) is 6.26 Å². The summed E-state index contributed by atoms with van der Waals surface area (Å²) in [7, 11) is -3.28. The summed E-state index contributed by atoms with van der Waals surface area (Å²) in [6.45, 7) is 1.61. The zero-order chi connectivity index (χ0) is 13.1. The van der Waals surface area contributed by atoms with Gasteiger partial charge in [-0.15, -0.1) is 0 Å². The fourth-order valence-corrected chi connectivity index (χ4v) is 1.95. The van der Waals surface area contributed by atoms with Gasteiger partial charge in [0.25, 0.3) is 0 Å². The van der Waals surface area contributed by atoms with Crippen molar-refractivity contribution in [2.45, 2.75) is 24.3 Å². The Morgan fingerprint density at radius 1 is 1.47 bits per heavy atom. The lowest BCUT2D eigenvalue weighted by molar-refractivity contribution is -0.138. The van der Waals surface area contributed by atoms with E-state index in [0.29, 0.717) is 5.75 Å². The maximum Gasteiger partial charge on any atom is 0.307 e. The molecular formula is C11H14O5S. The van der Waals surface area contributed by atoms with E-state index < -0.39 is 21.9 Å². The summed E-state index contributed by atoms with van der Waals surface area (Å²) in [6.07, 6.45) is 0.456. The Balaban J connectivity index is 2.83. The molecule has 0 aromatic heterocycles. The Morgan fingerprint density at radius 2 is 2.12 bits per heavy atom. The number of carboxylic acid groups (broad SMARTS) is 1. The lowest BCUT2D eigenvalue weighted by Gasteiger charge is -2.13. The Morgan fingerprint density at radius 3 is 2.65 bits per heavy atom. The standard InChI is InChI=1S/C11H14O5S/c1-8(6-11(12)13)16-9-4-3-5-10(7-9)17(2,14)15/h3-5,7-8H,6H2,1-2H3,(H,12,13). The normalized spacial score (nSPS) is 13.1. The molecule has 17 heavy (non-hydrogen) atoms. The predicted octanol–water partition coefficient (Wildman–Crippen LogP) is 1.33. The summed E-state index contributed by atoms with van der Waals surface area (Å²) in [4.78, 5) is 10.6. The number of benzene rings is 1. The summed E-state index contributed by atoms with van der Waals surface area (Å²) in [6, 6.07) is 5.99. The van der Waals surface area contributed by atoms with Gasteiger partial charge in [0, 0.05) is 6.26 Å². The summed E-state index contributed by atoms with van der Waals surface area (Å²) >= 11 is 0. The molecule has 0 radical (unpaired) electrons. The monoisotopic (exact) mass is 258 g/mol. The van der Waals surface area contributed by atoms with Gasteiger partial charge in [0.1, 0.15) is 11.9 Å². The van der Waals surface area contributed by atoms with Gasteiger partial charge in [-0.05, 0) is 25.1 Å². The van der Waals surface area contributed by atoms with Crippen molar-refractivity contribution in [1.29, 1.82) is 0 Å². The second-order valence-electron chi connectivity index (χ2n) is 3.77. The molecule has 1 aromatic carbocycles. The molecular weight excluding hydrogens is 244 g/mol. The van der Waals surface area contributed by atoms with E-state index in [1.54, 1.807) is 19.1 Å². The molecule has 0 saturated heterocycles. The minimum absolute atomic E-state index is 0.136. The lowest BCUT2D eigenvalue weighted by atomic mass is 10.3. The number of sulfone groups is 1. The quantitative estimate of drug-likeness (QED) is 0.861. The number of rotatable bonds is 5. The number of carboxylic acids is 1. The second-order valence-corrected chi connectivity index (χ2v) is 5.79. The lowest BCUT2D eigenvalue weighted by Crippen LogP contribution is -2.16. The molecule has 0 spiro atoms. The van der Waals surface area contributed by atoms with Crippen LogP contribution in [0.3, 0.4) is 0 Å². The largest absolute Gasteiger partial charge is 0.490 e. The highest BCUT2D eigenvalue weighted by atomic mass is 32.2. The van der Waals surface area contributed by atoms with Crippen LogP contribution in [0.4, 0.5) is 0 Å². The summed E-state index contributed by atoms with van der Waals surface area (Å²) in [5, 5.41) is 8.57. The van der Waals surface area contributed by atoms with Crippen molar-refractivity contribution in [3.8, 4) is 5.75 Å². The third-order valence-corrected chi connectivity index (χ3v) is 3.14. The molecule has 0 aliphatic rings. The van der Waals surface area contributed by atoms with Crippen molar-refractivity contribution >= 4 is 15.8 Å². The van der Waals surface area contributed by atoms with Gasteiger partial charge in [0.2, 0.25) is 0 Å². The average molecular weight is 258 g/mol. The maximum atomic E-state index is 11.3. The van der Waals surface area contributed by atoms with Crippen molar-refractivity contribution < 1.29 is 23.1 Å². The number of ether oxygens (including phenoxy) is 1. The van der Waals surface area contributed by atoms with Crippen LogP contribution < -0.4 is 4.74 Å². The smallest absolute Gasteiger partial charge is 0.307 e. The first kappa shape index (κ1) is 13.5. The molecule has 0 fully saturated rings. The SMILES string of the molecule is CC(CC(=O)O)Oc1cccc(S(C)(=O)=O)c1. The van der Waals surface area contributed by atoms with Gasteiger partial charge in [-0.25, -0.2) is 8.42 Å². The van der Waals surface area contributed by atoms with Gasteiger partial charge in [0.05, 0.1) is 11.3 Å². The number of aliphatic carboxylic acids is 1. The Kier molecular flexibility index (Phi) is 4.11. The molecule has 1 unspecified atom stereocenters. The van der Waals surface area contributed by atoms with Crippen LogP contribution in [0.1, 0.15) is 13.3 Å². The van der Waals surface area contributed by atoms with Crippen LogP contribution in [0.15, 0.2) is 29.2 Å². The molecule has 0 bridgehead atoms. The maximum absolute atomic E-state index is 11.3. The molecule has 0 saturated carbocycles. The van der Waals surface area contributed by atoms with Crippen LogP contribution in [0.5, 0.6) is 5.75 Å². The molecule has 6 heteroatoms. The fourth-order valence-electron chi connectivity index (χ4n) is 1.30. The van der Waals surface area contributed by atoms with E-state index in [0.717, 1.165) is 6.26 Å². The Bertz CT molecular complexity index is 506. The molecule has 5 nitrogen and oxygen atoms in total. The van der Waals surface area contributed by atoms with E-state index in [4.69, 9.17) is 9.84 Å². The molecule has 0 amide bonds. The molecule has 1 N–H and O–H groups in total.